The molecule has 18 nitrogen and oxygen atoms in total. The minimum Gasteiger partial charge on any atom is -0.550 e. The molecule has 0 spiro atoms. The SMILES string of the molecule is COC(CC(=O)[O-])CN(C)S(=O)(=O)c1ccccc1[N+](=O)[O-].COC(CC(=O)[O-])CN(C)S(=O)(=O)c1ccccc1[N+](=O)[O-].[Li+].[Li+]. The number of benzene rings is 2. The fourth-order valence-electron chi connectivity index (χ4n) is 3.57. The van der Waals surface area contributed by atoms with Crippen molar-refractivity contribution in [1.82, 2.24) is 8.61 Å². The largest absolute Gasteiger partial charge is 1.00 e. The number of hydrogen-bond acceptors (Lipinski definition) is 14. The molecule has 0 radical (unpaired) electrons. The number of nitro groups is 2. The van der Waals surface area contributed by atoms with E-state index < -0.39 is 88.0 Å². The van der Waals surface area contributed by atoms with Crippen molar-refractivity contribution in [2.45, 2.75) is 34.8 Å². The van der Waals surface area contributed by atoms with Crippen LogP contribution >= 0.6 is 0 Å². The normalized spacial score (nSPS) is 12.5. The quantitative estimate of drug-likeness (QED) is 0.0909. The van der Waals surface area contributed by atoms with E-state index in [1.165, 1.54) is 52.6 Å². The van der Waals surface area contributed by atoms with Gasteiger partial charge in [-0.15, -0.1) is 0 Å². The number of aliphatic carboxylic acids is 2. The third-order valence-corrected chi connectivity index (χ3v) is 9.62. The summed E-state index contributed by atoms with van der Waals surface area (Å²) in [5.74, 6) is -2.77. The number of rotatable bonds is 16. The van der Waals surface area contributed by atoms with Crippen LogP contribution in [-0.4, -0.2) is 101 Å². The number of sulfonamides is 2. The van der Waals surface area contributed by atoms with Gasteiger partial charge in [0, 0.05) is 78.3 Å². The molecular formula is C24H30Li2N4O14S2. The first-order chi connectivity index (χ1) is 20.4. The van der Waals surface area contributed by atoms with E-state index in [2.05, 4.69) is 0 Å². The summed E-state index contributed by atoms with van der Waals surface area (Å²) in [4.78, 5) is 40.5. The van der Waals surface area contributed by atoms with Gasteiger partial charge in [0.15, 0.2) is 9.79 Å². The van der Waals surface area contributed by atoms with Gasteiger partial charge in [0.2, 0.25) is 20.0 Å². The summed E-state index contributed by atoms with van der Waals surface area (Å²) < 4.78 is 61.0. The maximum Gasteiger partial charge on any atom is 1.00 e. The number of nitrogens with zero attached hydrogens (tertiary/aromatic N) is 4. The Kier molecular flexibility index (Phi) is 20.0. The molecule has 2 aromatic rings. The van der Waals surface area contributed by atoms with E-state index >= 15 is 0 Å². The molecule has 0 fully saturated rings. The Hall–Kier alpha value is -2.89. The molecule has 2 atom stereocenters. The van der Waals surface area contributed by atoms with Crippen molar-refractivity contribution >= 4 is 43.4 Å². The number of para-hydroxylation sites is 2. The predicted octanol–water partition coefficient (Wildman–Crippen LogP) is -7.25. The molecule has 0 aliphatic carbocycles. The molecule has 46 heavy (non-hydrogen) atoms. The van der Waals surface area contributed by atoms with Crippen molar-refractivity contribution in [1.29, 1.82) is 0 Å². The van der Waals surface area contributed by atoms with Crippen molar-refractivity contribution < 1.29 is 93.7 Å². The molecule has 0 bridgehead atoms. The smallest absolute Gasteiger partial charge is 0.550 e. The zero-order valence-corrected chi connectivity index (χ0v) is 27.6. The first-order valence-electron chi connectivity index (χ1n) is 12.2. The average molecular weight is 677 g/mol. The van der Waals surface area contributed by atoms with E-state index in [0.29, 0.717) is 0 Å². The third-order valence-electron chi connectivity index (χ3n) is 5.88. The predicted molar refractivity (Wildman–Crippen MR) is 147 cm³/mol. The summed E-state index contributed by atoms with van der Waals surface area (Å²) in [6.45, 7) is -0.558. The van der Waals surface area contributed by atoms with Crippen LogP contribution in [0.15, 0.2) is 58.3 Å². The zero-order chi connectivity index (χ0) is 33.8. The summed E-state index contributed by atoms with van der Waals surface area (Å²) in [6, 6.07) is 9.82. The van der Waals surface area contributed by atoms with Gasteiger partial charge in [-0.25, -0.2) is 16.8 Å². The van der Waals surface area contributed by atoms with Gasteiger partial charge in [-0.05, 0) is 12.1 Å². The van der Waals surface area contributed by atoms with Crippen molar-refractivity contribution in [3.05, 3.63) is 68.8 Å². The summed E-state index contributed by atoms with van der Waals surface area (Å²) in [5, 5.41) is 43.0. The number of carboxylic acid groups (broad SMARTS) is 2. The molecule has 2 rings (SSSR count). The topological polar surface area (TPSA) is 260 Å². The van der Waals surface area contributed by atoms with Gasteiger partial charge in [0.05, 0.1) is 22.1 Å². The molecule has 0 aliphatic rings. The molecule has 2 aromatic carbocycles. The van der Waals surface area contributed by atoms with Crippen LogP contribution in [0, 0.1) is 20.2 Å². The van der Waals surface area contributed by atoms with Crippen LogP contribution < -0.4 is 47.9 Å². The summed E-state index contributed by atoms with van der Waals surface area (Å²) in [6.07, 6.45) is -2.83. The standard InChI is InChI=1S/2C12H16N2O7S.2Li/c2*1-13(8-9(21-2)7-12(15)16)22(19,20)11-6-4-3-5-10(11)14(17)18;;/h2*3-6,9H,7-8H2,1-2H3,(H,15,16);;/q;;2*+1/p-2. The summed E-state index contributed by atoms with van der Waals surface area (Å²) in [5.41, 5.74) is -1.11. The first kappa shape index (κ1) is 45.2. The van der Waals surface area contributed by atoms with Gasteiger partial charge in [-0.1, -0.05) is 24.3 Å². The van der Waals surface area contributed by atoms with Crippen LogP contribution in [0.25, 0.3) is 0 Å². The fraction of sp³-hybridized carbons (Fsp3) is 0.417. The number of carbonyl (C=O) groups is 2. The van der Waals surface area contributed by atoms with Crippen LogP contribution in [-0.2, 0) is 39.1 Å². The van der Waals surface area contributed by atoms with E-state index in [1.807, 2.05) is 0 Å². The Morgan fingerprint density at radius 3 is 1.22 bits per heavy atom. The molecule has 0 saturated carbocycles. The molecule has 0 N–H and O–H groups in total. The Balaban J connectivity index is 0. The van der Waals surface area contributed by atoms with Gasteiger partial charge in [0.25, 0.3) is 11.4 Å². The van der Waals surface area contributed by atoms with E-state index in [1.54, 1.807) is 0 Å². The number of carboxylic acids is 2. The van der Waals surface area contributed by atoms with Crippen molar-refractivity contribution in [3.8, 4) is 0 Å². The molecule has 244 valence electrons. The van der Waals surface area contributed by atoms with Gasteiger partial charge < -0.3 is 29.3 Å². The second-order valence-electron chi connectivity index (χ2n) is 8.89. The van der Waals surface area contributed by atoms with Crippen molar-refractivity contribution in [3.63, 3.8) is 0 Å². The Bertz CT molecular complexity index is 1450. The van der Waals surface area contributed by atoms with Crippen LogP contribution in [0.5, 0.6) is 0 Å². The molecule has 0 amide bonds. The molecule has 2 unspecified atom stereocenters. The Morgan fingerprint density at radius 2 is 0.978 bits per heavy atom. The van der Waals surface area contributed by atoms with Crippen LogP contribution in [0.2, 0.25) is 0 Å². The number of likely N-dealkylation sites (N-methyl/N-ethyl adjacent to an activating group) is 2. The molecule has 0 aliphatic heterocycles. The van der Waals surface area contributed by atoms with Gasteiger partial charge in [-0.3, -0.25) is 20.2 Å². The number of hydrogen-bond donors (Lipinski definition) is 0. The number of ether oxygens (including phenoxy) is 2. The third kappa shape index (κ3) is 13.1. The molecular weight excluding hydrogens is 646 g/mol. The van der Waals surface area contributed by atoms with Gasteiger partial charge >= 0.3 is 37.7 Å². The van der Waals surface area contributed by atoms with Crippen LogP contribution in [0.3, 0.4) is 0 Å². The maximum absolute atomic E-state index is 12.4. The van der Waals surface area contributed by atoms with E-state index in [-0.39, 0.29) is 50.8 Å². The number of carbonyl (C=O) groups excluding carboxylic acids is 2. The number of methoxy groups -OCH3 is 2. The fourth-order valence-corrected chi connectivity index (χ4v) is 6.29. The van der Waals surface area contributed by atoms with Gasteiger partial charge in [-0.2, -0.15) is 8.61 Å². The van der Waals surface area contributed by atoms with E-state index in [9.17, 15) is 56.9 Å². The second-order valence-corrected chi connectivity index (χ2v) is 12.9. The number of nitro benzene ring substituents is 2. The first-order valence-corrected chi connectivity index (χ1v) is 15.1. The maximum atomic E-state index is 12.4. The second kappa shape index (κ2) is 20.4. The zero-order valence-electron chi connectivity index (χ0n) is 25.9. The minimum absolute atomic E-state index is 0. The Morgan fingerprint density at radius 1 is 0.696 bits per heavy atom. The molecule has 0 heterocycles. The van der Waals surface area contributed by atoms with E-state index in [4.69, 9.17) is 9.47 Å². The summed E-state index contributed by atoms with van der Waals surface area (Å²) >= 11 is 0. The summed E-state index contributed by atoms with van der Waals surface area (Å²) in [7, 11) is -3.47. The van der Waals surface area contributed by atoms with E-state index in [0.717, 1.165) is 32.9 Å². The van der Waals surface area contributed by atoms with Crippen molar-refractivity contribution in [2.24, 2.45) is 0 Å². The Labute approximate surface area is 289 Å². The van der Waals surface area contributed by atoms with Crippen LogP contribution in [0.1, 0.15) is 12.8 Å². The van der Waals surface area contributed by atoms with Crippen molar-refractivity contribution in [2.75, 3.05) is 41.4 Å². The van der Waals surface area contributed by atoms with Gasteiger partial charge in [0.1, 0.15) is 0 Å². The minimum atomic E-state index is -4.16. The molecule has 0 aromatic heterocycles. The average Bonchev–Trinajstić information content (AvgIpc) is 2.95. The molecule has 22 heteroatoms. The van der Waals surface area contributed by atoms with Crippen LogP contribution in [0.4, 0.5) is 11.4 Å². The monoisotopic (exact) mass is 676 g/mol. The molecule has 0 saturated heterocycles.